The van der Waals surface area contributed by atoms with E-state index < -0.39 is 0 Å². The maximum absolute atomic E-state index is 12.8. The second-order valence-electron chi connectivity index (χ2n) is 6.58. The number of hydrazone groups is 1. The topological polar surface area (TPSA) is 83.7 Å². The third kappa shape index (κ3) is 3.88. The van der Waals surface area contributed by atoms with Crippen LogP contribution in [-0.2, 0) is 11.3 Å². The minimum absolute atomic E-state index is 0.00160. The van der Waals surface area contributed by atoms with Crippen LogP contribution >= 0.6 is 31.9 Å². The molecule has 6 nitrogen and oxygen atoms in total. The van der Waals surface area contributed by atoms with Crippen molar-refractivity contribution in [2.45, 2.75) is 6.54 Å². The molecule has 1 aromatic heterocycles. The van der Waals surface area contributed by atoms with Crippen molar-refractivity contribution in [1.29, 1.82) is 0 Å². The monoisotopic (exact) mass is 527 g/mol. The number of aromatic hydroxyl groups is 1. The number of phenols is 1. The number of pyridine rings is 1. The van der Waals surface area contributed by atoms with Crippen molar-refractivity contribution in [1.82, 2.24) is 9.99 Å². The minimum atomic E-state index is -0.331. The lowest BCUT2D eigenvalue weighted by Gasteiger charge is -2.14. The number of para-hydroxylation sites is 2. The molecule has 0 saturated heterocycles. The van der Waals surface area contributed by atoms with E-state index in [-0.39, 0.29) is 23.6 Å². The molecule has 0 aliphatic rings. The molecule has 0 radical (unpaired) electrons. The SMILES string of the molecule is O=C(Cn1c2ccccc2c(=O)c2ccccc21)N/N=C/c1cc(Br)c(O)c(Br)c1. The molecule has 0 aliphatic heterocycles. The maximum Gasteiger partial charge on any atom is 0.260 e. The van der Waals surface area contributed by atoms with E-state index in [1.807, 2.05) is 28.8 Å². The van der Waals surface area contributed by atoms with Gasteiger partial charge >= 0.3 is 0 Å². The summed E-state index contributed by atoms with van der Waals surface area (Å²) >= 11 is 6.51. The molecule has 0 bridgehead atoms. The molecule has 0 unspecified atom stereocenters. The Morgan fingerprint density at radius 3 is 2.10 bits per heavy atom. The van der Waals surface area contributed by atoms with Crippen LogP contribution in [0.5, 0.6) is 5.75 Å². The van der Waals surface area contributed by atoms with Crippen LogP contribution in [0.2, 0.25) is 0 Å². The molecule has 1 heterocycles. The van der Waals surface area contributed by atoms with Crippen molar-refractivity contribution in [2.24, 2.45) is 5.10 Å². The zero-order valence-electron chi connectivity index (χ0n) is 15.5. The number of rotatable bonds is 4. The third-order valence-electron chi connectivity index (χ3n) is 4.62. The number of carbonyl (C=O) groups excluding carboxylic acids is 1. The van der Waals surface area contributed by atoms with Gasteiger partial charge in [0.25, 0.3) is 5.91 Å². The van der Waals surface area contributed by atoms with Crippen molar-refractivity contribution >= 4 is 65.8 Å². The van der Waals surface area contributed by atoms with Crippen LogP contribution in [0.4, 0.5) is 0 Å². The first-order valence-electron chi connectivity index (χ1n) is 8.96. The molecule has 8 heteroatoms. The minimum Gasteiger partial charge on any atom is -0.506 e. The molecular weight excluding hydrogens is 514 g/mol. The Hall–Kier alpha value is -2.97. The summed E-state index contributed by atoms with van der Waals surface area (Å²) in [6, 6.07) is 17.8. The zero-order chi connectivity index (χ0) is 21.3. The highest BCUT2D eigenvalue weighted by atomic mass is 79.9. The maximum atomic E-state index is 12.8. The van der Waals surface area contributed by atoms with E-state index in [2.05, 4.69) is 42.4 Å². The van der Waals surface area contributed by atoms with Crippen molar-refractivity contribution in [2.75, 3.05) is 0 Å². The molecule has 0 fully saturated rings. The van der Waals surface area contributed by atoms with E-state index in [4.69, 9.17) is 0 Å². The Morgan fingerprint density at radius 2 is 1.53 bits per heavy atom. The third-order valence-corrected chi connectivity index (χ3v) is 5.83. The highest BCUT2D eigenvalue weighted by Crippen LogP contribution is 2.32. The number of fused-ring (bicyclic) bond motifs is 2. The average molecular weight is 529 g/mol. The molecule has 1 amide bonds. The summed E-state index contributed by atoms with van der Waals surface area (Å²) in [5.41, 5.74) is 4.52. The lowest BCUT2D eigenvalue weighted by Crippen LogP contribution is -2.25. The number of halogens is 2. The molecule has 3 aromatic carbocycles. The van der Waals surface area contributed by atoms with Gasteiger partial charge in [0.15, 0.2) is 5.43 Å². The fourth-order valence-electron chi connectivity index (χ4n) is 3.26. The Balaban J connectivity index is 1.63. The largest absolute Gasteiger partial charge is 0.506 e. The second-order valence-corrected chi connectivity index (χ2v) is 8.28. The van der Waals surface area contributed by atoms with Crippen molar-refractivity contribution in [3.63, 3.8) is 0 Å². The number of nitrogens with zero attached hydrogens (tertiary/aromatic N) is 2. The Labute approximate surface area is 188 Å². The van der Waals surface area contributed by atoms with Gasteiger partial charge in [0.2, 0.25) is 0 Å². The molecule has 0 atom stereocenters. The molecule has 4 aromatic rings. The number of hydrogen-bond acceptors (Lipinski definition) is 4. The van der Waals surface area contributed by atoms with Gasteiger partial charge in [-0.2, -0.15) is 5.10 Å². The van der Waals surface area contributed by atoms with E-state index in [9.17, 15) is 14.7 Å². The summed E-state index contributed by atoms with van der Waals surface area (Å²) in [4.78, 5) is 25.4. The van der Waals surface area contributed by atoms with E-state index in [0.717, 1.165) is 0 Å². The number of aromatic nitrogens is 1. The van der Waals surface area contributed by atoms with E-state index >= 15 is 0 Å². The highest BCUT2D eigenvalue weighted by Gasteiger charge is 2.12. The normalized spacial score (nSPS) is 11.4. The first-order chi connectivity index (χ1) is 14.5. The van der Waals surface area contributed by atoms with Crippen LogP contribution in [0.15, 0.2) is 79.5 Å². The molecule has 30 heavy (non-hydrogen) atoms. The predicted octanol–water partition coefficient (Wildman–Crippen LogP) is 4.54. The van der Waals surface area contributed by atoms with Crippen LogP contribution in [0.25, 0.3) is 21.8 Å². The number of carbonyl (C=O) groups is 1. The Kier molecular flexibility index (Phi) is 5.69. The molecule has 150 valence electrons. The lowest BCUT2D eigenvalue weighted by molar-refractivity contribution is -0.121. The highest BCUT2D eigenvalue weighted by molar-refractivity contribution is 9.11. The molecule has 2 N–H and O–H groups in total. The fourth-order valence-corrected chi connectivity index (χ4v) is 4.49. The van der Waals surface area contributed by atoms with Gasteiger partial charge in [0.05, 0.1) is 26.2 Å². The van der Waals surface area contributed by atoms with Gasteiger partial charge in [-0.3, -0.25) is 9.59 Å². The first-order valence-corrected chi connectivity index (χ1v) is 10.5. The van der Waals surface area contributed by atoms with E-state index in [1.54, 1.807) is 36.4 Å². The fraction of sp³-hybridized carbons (Fsp3) is 0.0455. The molecule has 0 saturated carbocycles. The second kappa shape index (κ2) is 8.41. The summed E-state index contributed by atoms with van der Waals surface area (Å²) in [7, 11) is 0. The molecule has 0 spiro atoms. The van der Waals surface area contributed by atoms with Gasteiger partial charge in [-0.25, -0.2) is 5.43 Å². The summed E-state index contributed by atoms with van der Waals surface area (Å²) in [5.74, 6) is -0.240. The smallest absolute Gasteiger partial charge is 0.260 e. The summed E-state index contributed by atoms with van der Waals surface area (Å²) in [6.07, 6.45) is 1.48. The number of amides is 1. The standard InChI is InChI=1S/C22H15Br2N3O3/c23-16-9-13(10-17(24)22(16)30)11-25-26-20(28)12-27-18-7-3-1-5-14(18)21(29)15-6-2-4-8-19(15)27/h1-11,30H,12H2,(H,26,28)/b25-11+. The van der Waals surface area contributed by atoms with Gasteiger partial charge in [-0.05, 0) is 73.8 Å². The molecule has 4 rings (SSSR count). The number of hydrogen-bond donors (Lipinski definition) is 2. The average Bonchev–Trinajstić information content (AvgIpc) is 2.75. The zero-order valence-corrected chi connectivity index (χ0v) is 18.6. The van der Waals surface area contributed by atoms with Crippen LogP contribution in [-0.4, -0.2) is 21.8 Å². The van der Waals surface area contributed by atoms with Gasteiger partial charge in [-0.15, -0.1) is 0 Å². The summed E-state index contributed by atoms with van der Waals surface area (Å²) in [6.45, 7) is 0.00160. The van der Waals surface area contributed by atoms with Crippen LogP contribution in [0.3, 0.4) is 0 Å². The van der Waals surface area contributed by atoms with E-state index in [0.29, 0.717) is 36.3 Å². The lowest BCUT2D eigenvalue weighted by atomic mass is 10.1. The van der Waals surface area contributed by atoms with Gasteiger partial charge in [-0.1, -0.05) is 24.3 Å². The number of phenolic OH excluding ortho intramolecular Hbond substituents is 1. The van der Waals surface area contributed by atoms with Crippen LogP contribution in [0.1, 0.15) is 5.56 Å². The van der Waals surface area contributed by atoms with E-state index in [1.165, 1.54) is 6.21 Å². The van der Waals surface area contributed by atoms with Crippen molar-refractivity contribution in [3.05, 3.63) is 85.4 Å². The van der Waals surface area contributed by atoms with Gasteiger partial charge in [0, 0.05) is 10.8 Å². The van der Waals surface area contributed by atoms with Gasteiger partial charge < -0.3 is 9.67 Å². The quantitative estimate of drug-likeness (QED) is 0.232. The summed E-state index contributed by atoms with van der Waals surface area (Å²) < 4.78 is 2.83. The van der Waals surface area contributed by atoms with Crippen molar-refractivity contribution in [3.8, 4) is 5.75 Å². The Bertz CT molecular complexity index is 1300. The molecular formula is C22H15Br2N3O3. The number of nitrogens with one attached hydrogen (secondary N) is 1. The van der Waals surface area contributed by atoms with Crippen molar-refractivity contribution < 1.29 is 9.90 Å². The van der Waals surface area contributed by atoms with Crippen LogP contribution < -0.4 is 10.9 Å². The predicted molar refractivity (Wildman–Crippen MR) is 125 cm³/mol. The van der Waals surface area contributed by atoms with Gasteiger partial charge in [0.1, 0.15) is 12.3 Å². The first kappa shape index (κ1) is 20.3. The number of benzene rings is 3. The summed E-state index contributed by atoms with van der Waals surface area (Å²) in [5, 5.41) is 14.9. The molecule has 0 aliphatic carbocycles. The van der Waals surface area contributed by atoms with Crippen LogP contribution in [0, 0.1) is 0 Å². The Morgan fingerprint density at radius 1 is 1.00 bits per heavy atom.